The molecule has 0 aliphatic rings. The van der Waals surface area contributed by atoms with Gasteiger partial charge in [-0.2, -0.15) is 0 Å². The Morgan fingerprint density at radius 2 is 0.322 bits per heavy atom. The molecular formula is C108H68N10. The van der Waals surface area contributed by atoms with E-state index in [1.807, 2.05) is 97.1 Å². The molecule has 0 bridgehead atoms. The van der Waals surface area contributed by atoms with Crippen molar-refractivity contribution in [1.82, 2.24) is 48.2 Å². The van der Waals surface area contributed by atoms with E-state index in [2.05, 4.69) is 334 Å². The molecule has 10 heteroatoms. The fourth-order valence-electron chi connectivity index (χ4n) is 17.9. The van der Waals surface area contributed by atoms with Gasteiger partial charge in [0.1, 0.15) is 0 Å². The number of rotatable bonds is 11. The highest BCUT2D eigenvalue weighted by Crippen LogP contribution is 2.44. The molecule has 0 spiro atoms. The van der Waals surface area contributed by atoms with Crippen molar-refractivity contribution in [3.63, 3.8) is 0 Å². The standard InChI is InChI=1S/C57H35N5.C51H33N5/c1-3-15-36(16-4-1)55-58-56(37-17-5-2-6-18-37)60-57(59-55)38-27-30-43-41-19-7-8-20-42(41)44-31-28-39(34-49(44)48(43)33-38)62-53-26-14-11-23-47(53)50-35-40(29-32-54(50)62)61-51-24-12-9-21-45(51)46-22-10-13-25-52(46)61;1-3-13-36(14-4-1)49-52-50(37-15-5-2-6-16-37)54-51(53-49)38-25-23-34(24-26-38)35-27-29-39(30-28-35)55-47-22-12-9-19-43(47)44-33-40(31-32-48(44)55)56-45-20-10-7-17-41(45)42-18-8-11-21-46(42)56/h1-35H;1-33H. The van der Waals surface area contributed by atoms with E-state index in [4.69, 9.17) is 29.9 Å². The SMILES string of the molecule is c1ccc(-c2nc(-c3ccccc3)nc(-c3ccc(-c4ccc(-n5c6ccccc6c6cc(-n7c8ccccc8c8ccccc87)ccc65)cc4)cc3)n2)cc1.c1ccc(-c2nc(-c3ccccc3)nc(-c3ccc4c5ccccc5c5ccc(-n6c7ccccc7c7cc(-n8c9ccccc9c9ccccc98)ccc76)cc5c4c3)n2)cc1. The van der Waals surface area contributed by atoms with Crippen molar-refractivity contribution in [2.24, 2.45) is 0 Å². The molecule has 24 aromatic rings. The van der Waals surface area contributed by atoms with Crippen LogP contribution in [0.1, 0.15) is 0 Å². The first kappa shape index (κ1) is 67.6. The van der Waals surface area contributed by atoms with Gasteiger partial charge in [-0.1, -0.05) is 309 Å². The van der Waals surface area contributed by atoms with Gasteiger partial charge in [0.15, 0.2) is 34.9 Å². The molecular weight excluding hydrogens is 1440 g/mol. The number of fused-ring (bicyclic) bond motifs is 18. The molecule has 18 aromatic carbocycles. The summed E-state index contributed by atoms with van der Waals surface area (Å²) in [5.41, 5.74) is 22.0. The van der Waals surface area contributed by atoms with Crippen molar-refractivity contribution in [3.8, 4) is 102 Å². The first-order chi connectivity index (χ1) is 58.5. The van der Waals surface area contributed by atoms with E-state index >= 15 is 0 Å². The van der Waals surface area contributed by atoms with Crippen molar-refractivity contribution in [3.05, 3.63) is 413 Å². The van der Waals surface area contributed by atoms with Crippen molar-refractivity contribution in [2.75, 3.05) is 0 Å². The molecule has 6 heterocycles. The number of para-hydroxylation sites is 6. The van der Waals surface area contributed by atoms with Gasteiger partial charge in [0.25, 0.3) is 0 Å². The Bertz CT molecular complexity index is 7870. The number of aromatic nitrogens is 10. The zero-order valence-corrected chi connectivity index (χ0v) is 63.7. The molecule has 550 valence electrons. The van der Waals surface area contributed by atoms with Gasteiger partial charge in [-0.15, -0.1) is 0 Å². The van der Waals surface area contributed by atoms with E-state index in [-0.39, 0.29) is 0 Å². The van der Waals surface area contributed by atoms with Crippen LogP contribution in [0.2, 0.25) is 0 Å². The first-order valence-electron chi connectivity index (χ1n) is 39.9. The Labute approximate surface area is 678 Å². The Morgan fingerprint density at radius 3 is 0.669 bits per heavy atom. The predicted octanol–water partition coefficient (Wildman–Crippen LogP) is 27.3. The smallest absolute Gasteiger partial charge is 0.164 e. The summed E-state index contributed by atoms with van der Waals surface area (Å²) in [6.45, 7) is 0. The Balaban J connectivity index is 0.000000139. The summed E-state index contributed by atoms with van der Waals surface area (Å²) in [5.74, 6) is 3.88. The Hall–Kier alpha value is -16.0. The molecule has 0 unspecified atom stereocenters. The quantitative estimate of drug-likeness (QED) is 0.120. The molecule has 0 N–H and O–H groups in total. The highest BCUT2D eigenvalue weighted by molar-refractivity contribution is 6.26. The van der Waals surface area contributed by atoms with Crippen molar-refractivity contribution in [1.29, 1.82) is 0 Å². The minimum absolute atomic E-state index is 0.638. The molecule has 0 aliphatic carbocycles. The van der Waals surface area contributed by atoms with Crippen LogP contribution >= 0.6 is 0 Å². The lowest BCUT2D eigenvalue weighted by atomic mass is 9.93. The van der Waals surface area contributed by atoms with Crippen molar-refractivity contribution in [2.45, 2.75) is 0 Å². The van der Waals surface area contributed by atoms with Gasteiger partial charge in [-0.3, -0.25) is 0 Å². The minimum Gasteiger partial charge on any atom is -0.309 e. The summed E-state index contributed by atoms with van der Waals surface area (Å²) in [6, 6.07) is 146. The van der Waals surface area contributed by atoms with E-state index in [0.717, 1.165) is 78.2 Å². The zero-order chi connectivity index (χ0) is 77.7. The van der Waals surface area contributed by atoms with Gasteiger partial charge in [-0.25, -0.2) is 29.9 Å². The monoisotopic (exact) mass is 1500 g/mol. The molecule has 0 aliphatic heterocycles. The summed E-state index contributed by atoms with van der Waals surface area (Å²) >= 11 is 0. The Kier molecular flexibility index (Phi) is 16.0. The summed E-state index contributed by atoms with van der Waals surface area (Å²) in [7, 11) is 0. The van der Waals surface area contributed by atoms with Gasteiger partial charge in [0.05, 0.1) is 44.1 Å². The third-order valence-electron chi connectivity index (χ3n) is 23.3. The molecule has 0 fully saturated rings. The van der Waals surface area contributed by atoms with Gasteiger partial charge in [-0.05, 0) is 147 Å². The number of hydrogen-bond acceptors (Lipinski definition) is 6. The van der Waals surface area contributed by atoms with Crippen LogP contribution in [0.4, 0.5) is 0 Å². The van der Waals surface area contributed by atoms with Crippen LogP contribution in [-0.2, 0) is 0 Å². The molecule has 118 heavy (non-hydrogen) atoms. The van der Waals surface area contributed by atoms with Crippen LogP contribution in [-0.4, -0.2) is 48.2 Å². The second-order valence-corrected chi connectivity index (χ2v) is 30.1. The fraction of sp³-hybridized carbons (Fsp3) is 0. The molecule has 0 saturated heterocycles. The van der Waals surface area contributed by atoms with Crippen LogP contribution in [0.25, 0.3) is 222 Å². The van der Waals surface area contributed by atoms with Crippen LogP contribution in [0.15, 0.2) is 413 Å². The average Bonchev–Trinajstić information content (AvgIpc) is 1.46. The highest BCUT2D eigenvalue weighted by Gasteiger charge is 2.23. The van der Waals surface area contributed by atoms with Gasteiger partial charge < -0.3 is 18.3 Å². The normalized spacial score (nSPS) is 11.7. The lowest BCUT2D eigenvalue weighted by molar-refractivity contribution is 1.07. The lowest BCUT2D eigenvalue weighted by Crippen LogP contribution is -2.00. The topological polar surface area (TPSA) is 97.1 Å². The average molecular weight is 1510 g/mol. The van der Waals surface area contributed by atoms with Crippen LogP contribution in [0, 0.1) is 0 Å². The maximum atomic E-state index is 5.11. The zero-order valence-electron chi connectivity index (χ0n) is 63.7. The van der Waals surface area contributed by atoms with Gasteiger partial charge in [0.2, 0.25) is 0 Å². The van der Waals surface area contributed by atoms with Gasteiger partial charge in [0, 0.05) is 99.2 Å². The number of hydrogen-bond donors (Lipinski definition) is 0. The van der Waals surface area contributed by atoms with E-state index in [9.17, 15) is 0 Å². The molecule has 0 amide bonds. The van der Waals surface area contributed by atoms with Gasteiger partial charge >= 0.3 is 0 Å². The lowest BCUT2D eigenvalue weighted by Gasteiger charge is -2.15. The van der Waals surface area contributed by atoms with Crippen LogP contribution < -0.4 is 0 Å². The largest absolute Gasteiger partial charge is 0.309 e. The third-order valence-corrected chi connectivity index (χ3v) is 23.3. The van der Waals surface area contributed by atoms with Crippen molar-refractivity contribution < 1.29 is 0 Å². The summed E-state index contributed by atoms with van der Waals surface area (Å²) < 4.78 is 9.60. The predicted molar refractivity (Wildman–Crippen MR) is 488 cm³/mol. The second-order valence-electron chi connectivity index (χ2n) is 30.1. The maximum absolute atomic E-state index is 5.11. The summed E-state index contributed by atoms with van der Waals surface area (Å²) in [6.07, 6.45) is 0. The molecule has 0 saturated carbocycles. The molecule has 6 aromatic heterocycles. The molecule has 0 radical (unpaired) electrons. The minimum atomic E-state index is 0.638. The Morgan fingerprint density at radius 1 is 0.119 bits per heavy atom. The summed E-state index contributed by atoms with van der Waals surface area (Å²) in [5, 5.41) is 17.1. The van der Waals surface area contributed by atoms with E-state index in [1.165, 1.54) is 109 Å². The van der Waals surface area contributed by atoms with Crippen LogP contribution in [0.5, 0.6) is 0 Å². The maximum Gasteiger partial charge on any atom is 0.164 e. The summed E-state index contributed by atoms with van der Waals surface area (Å²) in [4.78, 5) is 29.8. The second kappa shape index (κ2) is 28.0. The van der Waals surface area contributed by atoms with E-state index in [0.29, 0.717) is 34.9 Å². The van der Waals surface area contributed by atoms with Crippen LogP contribution in [0.3, 0.4) is 0 Å². The van der Waals surface area contributed by atoms with E-state index < -0.39 is 0 Å². The van der Waals surface area contributed by atoms with Crippen molar-refractivity contribution >= 4 is 120 Å². The van der Waals surface area contributed by atoms with E-state index in [1.54, 1.807) is 0 Å². The first-order valence-corrected chi connectivity index (χ1v) is 39.9. The fourth-order valence-corrected chi connectivity index (χ4v) is 17.9. The molecule has 10 nitrogen and oxygen atoms in total. The highest BCUT2D eigenvalue weighted by atomic mass is 15.1. The molecule has 0 atom stereocenters. The molecule has 24 rings (SSSR count). The number of benzene rings is 18. The third kappa shape index (κ3) is 11.4. The number of nitrogens with zero attached hydrogens (tertiary/aromatic N) is 10.